The molecule has 0 aromatic carbocycles. The maximum atomic E-state index is 13.7. The van der Waals surface area contributed by atoms with Crippen molar-refractivity contribution in [2.24, 2.45) is 17.5 Å². The second-order valence-corrected chi connectivity index (χ2v) is 8.25. The summed E-state index contributed by atoms with van der Waals surface area (Å²) in [6.45, 7) is 6.32. The molecule has 1 aliphatic rings. The molecule has 7 nitrogen and oxygen atoms in total. The highest BCUT2D eigenvalue weighted by atomic mass is 127. The van der Waals surface area contributed by atoms with Crippen LogP contribution in [0.15, 0.2) is 17.4 Å². The number of halogens is 4. The normalized spacial score (nSPS) is 18.2. The first-order valence-electron chi connectivity index (χ1n) is 11.0. The van der Waals surface area contributed by atoms with Crippen LogP contribution < -0.4 is 10.6 Å². The lowest BCUT2D eigenvalue weighted by atomic mass is 9.83. The van der Waals surface area contributed by atoms with Crippen molar-refractivity contribution >= 4 is 29.9 Å². The average Bonchev–Trinajstić information content (AvgIpc) is 3.35. The Bertz CT molecular complexity index is 708. The fourth-order valence-corrected chi connectivity index (χ4v) is 4.14. The smallest absolute Gasteiger partial charge is 0.382 e. The molecule has 1 fully saturated rings. The van der Waals surface area contributed by atoms with Gasteiger partial charge < -0.3 is 25.0 Å². The van der Waals surface area contributed by atoms with E-state index in [2.05, 4.69) is 20.6 Å². The van der Waals surface area contributed by atoms with Crippen LogP contribution in [0, 0.1) is 5.41 Å². The maximum absolute atomic E-state index is 13.7. The highest BCUT2D eigenvalue weighted by Gasteiger charge is 2.57. The van der Waals surface area contributed by atoms with Gasteiger partial charge >= 0.3 is 6.18 Å². The van der Waals surface area contributed by atoms with Gasteiger partial charge in [-0.25, -0.2) is 4.98 Å². The summed E-state index contributed by atoms with van der Waals surface area (Å²) in [7, 11) is 1.43. The summed E-state index contributed by atoms with van der Waals surface area (Å²) in [4.78, 5) is 8.39. The molecule has 0 bridgehead atoms. The Morgan fingerprint density at radius 3 is 2.50 bits per heavy atom. The number of nitrogens with zero attached hydrogens (tertiary/aromatic N) is 3. The Kier molecular flexibility index (Phi) is 11.7. The second kappa shape index (κ2) is 13.0. The molecule has 1 aromatic heterocycles. The fraction of sp³-hybridized carbons (Fsp3) is 0.810. The van der Waals surface area contributed by atoms with Crippen LogP contribution in [0.25, 0.3) is 0 Å². The molecule has 0 radical (unpaired) electrons. The van der Waals surface area contributed by atoms with Gasteiger partial charge in [0.1, 0.15) is 5.82 Å². The molecular formula is C21H37F3IN5O2. The van der Waals surface area contributed by atoms with E-state index in [1.165, 1.54) is 24.0 Å². The van der Waals surface area contributed by atoms with Crippen LogP contribution in [0.4, 0.5) is 13.2 Å². The zero-order valence-corrected chi connectivity index (χ0v) is 21.5. The maximum Gasteiger partial charge on any atom is 0.424 e. The number of ether oxygens (including phenoxy) is 1. The molecule has 0 spiro atoms. The zero-order chi connectivity index (χ0) is 23.0. The predicted octanol–water partition coefficient (Wildman–Crippen LogP) is 3.72. The molecular weight excluding hydrogens is 538 g/mol. The summed E-state index contributed by atoms with van der Waals surface area (Å²) in [5, 5.41) is 16.5. The molecule has 2 rings (SSSR count). The van der Waals surface area contributed by atoms with Gasteiger partial charge in [-0.15, -0.1) is 24.0 Å². The minimum absolute atomic E-state index is 0. The number of hydrogen-bond acceptors (Lipinski definition) is 4. The van der Waals surface area contributed by atoms with E-state index in [-0.39, 0.29) is 35.9 Å². The number of aryl methyl sites for hydroxylation is 1. The zero-order valence-electron chi connectivity index (χ0n) is 19.2. The summed E-state index contributed by atoms with van der Waals surface area (Å²) in [5.41, 5.74) is -2.96. The number of guanidine groups is 1. The Morgan fingerprint density at radius 1 is 1.28 bits per heavy atom. The topological polar surface area (TPSA) is 83.7 Å². The highest BCUT2D eigenvalue weighted by Crippen LogP contribution is 2.42. The minimum Gasteiger partial charge on any atom is -0.382 e. The third-order valence-corrected chi connectivity index (χ3v) is 6.00. The average molecular weight is 575 g/mol. The van der Waals surface area contributed by atoms with E-state index in [4.69, 9.17) is 4.74 Å². The Morgan fingerprint density at radius 2 is 1.97 bits per heavy atom. The largest absolute Gasteiger partial charge is 0.424 e. The van der Waals surface area contributed by atoms with Crippen molar-refractivity contribution in [3.8, 4) is 0 Å². The monoisotopic (exact) mass is 575 g/mol. The number of imidazole rings is 1. The number of alkyl halides is 3. The second-order valence-electron chi connectivity index (χ2n) is 8.25. The number of hydrogen-bond donors (Lipinski definition) is 3. The molecule has 1 unspecified atom stereocenters. The lowest BCUT2D eigenvalue weighted by molar-refractivity contribution is -0.272. The Hall–Kier alpha value is -1.08. The molecule has 1 heterocycles. The molecule has 0 aliphatic heterocycles. The summed E-state index contributed by atoms with van der Waals surface area (Å²) in [5.74, 6) is 0.0270. The first-order chi connectivity index (χ1) is 14.7. The van der Waals surface area contributed by atoms with E-state index in [0.717, 1.165) is 32.1 Å². The number of nitrogens with one attached hydrogen (secondary N) is 2. The molecule has 32 heavy (non-hydrogen) atoms. The Labute approximate surface area is 205 Å². The van der Waals surface area contributed by atoms with Gasteiger partial charge in [0.05, 0.1) is 0 Å². The molecule has 1 atom stereocenters. The van der Waals surface area contributed by atoms with Gasteiger partial charge in [-0.2, -0.15) is 13.2 Å². The molecule has 0 saturated heterocycles. The minimum atomic E-state index is -4.85. The molecule has 1 saturated carbocycles. The SMILES string of the molecule is CCNC(=NCC1(CCOCC)CCCC1)NCCC(O)(c1nccn1C)C(F)(F)F.I. The Balaban J connectivity index is 0.00000512. The van der Waals surface area contributed by atoms with Crippen molar-refractivity contribution < 1.29 is 23.0 Å². The summed E-state index contributed by atoms with van der Waals surface area (Å²) >= 11 is 0. The van der Waals surface area contributed by atoms with Gasteiger partial charge in [-0.05, 0) is 38.5 Å². The summed E-state index contributed by atoms with van der Waals surface area (Å²) in [6, 6.07) is 0. The first kappa shape index (κ1) is 29.0. The van der Waals surface area contributed by atoms with Crippen LogP contribution in [-0.4, -0.2) is 59.6 Å². The van der Waals surface area contributed by atoms with Gasteiger partial charge in [0.25, 0.3) is 0 Å². The van der Waals surface area contributed by atoms with Gasteiger partial charge in [-0.3, -0.25) is 4.99 Å². The van der Waals surface area contributed by atoms with Crippen LogP contribution in [0.2, 0.25) is 0 Å². The number of aromatic nitrogens is 2. The van der Waals surface area contributed by atoms with Crippen molar-refractivity contribution in [3.05, 3.63) is 18.2 Å². The standard InChI is InChI=1S/C21H36F3N5O2.HI/c1-4-25-18(28-16-19(8-6-7-9-19)11-15-31-5-2)27-12-10-20(30,21(22,23)24)17-26-13-14-29(17)3;/h13-14,30H,4-12,15-16H2,1-3H3,(H2,25,27,28);1H. The number of aliphatic imine (C=N–C) groups is 1. The van der Waals surface area contributed by atoms with Crippen molar-refractivity contribution in [2.45, 2.75) is 64.1 Å². The third kappa shape index (κ3) is 7.47. The van der Waals surface area contributed by atoms with Crippen LogP contribution in [-0.2, 0) is 17.4 Å². The van der Waals surface area contributed by atoms with Gasteiger partial charge in [0, 0.05) is 58.7 Å². The van der Waals surface area contributed by atoms with E-state index in [0.29, 0.717) is 32.3 Å². The molecule has 3 N–H and O–H groups in total. The van der Waals surface area contributed by atoms with Gasteiger partial charge in [0.2, 0.25) is 5.60 Å². The summed E-state index contributed by atoms with van der Waals surface area (Å²) < 4.78 is 47.8. The lowest BCUT2D eigenvalue weighted by Gasteiger charge is -2.30. The number of aliphatic hydroxyl groups is 1. The highest BCUT2D eigenvalue weighted by molar-refractivity contribution is 14.0. The molecule has 1 aliphatic carbocycles. The third-order valence-electron chi connectivity index (χ3n) is 6.00. The van der Waals surface area contributed by atoms with Crippen molar-refractivity contribution in [1.29, 1.82) is 0 Å². The van der Waals surface area contributed by atoms with Crippen molar-refractivity contribution in [3.63, 3.8) is 0 Å². The van der Waals surface area contributed by atoms with Crippen LogP contribution in [0.1, 0.15) is 58.2 Å². The van der Waals surface area contributed by atoms with E-state index in [1.54, 1.807) is 0 Å². The molecule has 1 aromatic rings. The van der Waals surface area contributed by atoms with E-state index in [9.17, 15) is 18.3 Å². The van der Waals surface area contributed by atoms with E-state index >= 15 is 0 Å². The number of rotatable bonds is 11. The molecule has 186 valence electrons. The van der Waals surface area contributed by atoms with E-state index in [1.807, 2.05) is 13.8 Å². The van der Waals surface area contributed by atoms with Crippen molar-refractivity contribution in [1.82, 2.24) is 20.2 Å². The lowest BCUT2D eigenvalue weighted by Crippen LogP contribution is -2.48. The summed E-state index contributed by atoms with van der Waals surface area (Å²) in [6.07, 6.45) is 2.60. The first-order valence-corrected chi connectivity index (χ1v) is 11.0. The van der Waals surface area contributed by atoms with Gasteiger partial charge in [0.15, 0.2) is 5.96 Å². The fourth-order valence-electron chi connectivity index (χ4n) is 4.14. The van der Waals surface area contributed by atoms with Crippen LogP contribution in [0.5, 0.6) is 0 Å². The quantitative estimate of drug-likeness (QED) is 0.162. The van der Waals surface area contributed by atoms with Crippen LogP contribution in [0.3, 0.4) is 0 Å². The molecule has 11 heteroatoms. The van der Waals surface area contributed by atoms with Crippen molar-refractivity contribution in [2.75, 3.05) is 32.8 Å². The van der Waals surface area contributed by atoms with Crippen LogP contribution >= 0.6 is 24.0 Å². The molecule has 0 amide bonds. The van der Waals surface area contributed by atoms with Gasteiger partial charge in [-0.1, -0.05) is 12.8 Å². The van der Waals surface area contributed by atoms with E-state index < -0.39 is 24.0 Å². The predicted molar refractivity (Wildman–Crippen MR) is 129 cm³/mol.